The SMILES string of the molecule is Cc1ccc(S(=O)(=O)n2cc3c4c(c(C)cc(C)c42)C(O)(c2nc4cc(C#N)ccc4n2COCC[Si](C)(C)C)C=C3)cc1.Cc1ccc(S(=O)(=O)n2cc3c4c(c(C)cc(C)c42)C(O)(c2nc4ccc(C#N)cc4n2COCC[Si](C)(C)C)C=C3)cc1. The van der Waals surface area contributed by atoms with E-state index in [1.54, 1.807) is 116 Å². The summed E-state index contributed by atoms with van der Waals surface area (Å²) in [5.41, 5.74) is 8.87. The predicted octanol–water partition coefficient (Wildman–Crippen LogP) is 13.2. The minimum atomic E-state index is -3.93. The molecule has 0 bridgehead atoms. The minimum Gasteiger partial charge on any atom is -0.373 e. The van der Waals surface area contributed by atoms with Crippen molar-refractivity contribution in [3.63, 3.8) is 0 Å². The molecule has 4 heterocycles. The van der Waals surface area contributed by atoms with Gasteiger partial charge < -0.3 is 28.8 Å². The summed E-state index contributed by atoms with van der Waals surface area (Å²) < 4.78 is 74.5. The number of hydrogen-bond acceptors (Lipinski definition) is 12. The van der Waals surface area contributed by atoms with Gasteiger partial charge in [0.15, 0.2) is 22.9 Å². The zero-order chi connectivity index (χ0) is 63.2. The van der Waals surface area contributed by atoms with Crippen LogP contribution in [0.15, 0.2) is 131 Å². The Balaban J connectivity index is 0.000000182. The van der Waals surface area contributed by atoms with Gasteiger partial charge in [0.25, 0.3) is 20.0 Å². The fourth-order valence-electron chi connectivity index (χ4n) is 12.1. The van der Waals surface area contributed by atoms with Crippen molar-refractivity contribution in [1.29, 1.82) is 10.5 Å². The molecular formula is C68H72N8O8S2Si2. The highest BCUT2D eigenvalue weighted by Crippen LogP contribution is 2.48. The molecule has 0 aliphatic heterocycles. The molecule has 88 heavy (non-hydrogen) atoms. The zero-order valence-corrected chi connectivity index (χ0v) is 55.3. The molecule has 6 aromatic carbocycles. The topological polar surface area (TPSA) is 220 Å². The van der Waals surface area contributed by atoms with Gasteiger partial charge in [0.1, 0.15) is 13.5 Å². The lowest BCUT2D eigenvalue weighted by atomic mass is 9.81. The molecule has 2 unspecified atom stereocenters. The number of aliphatic hydroxyl groups is 2. The summed E-state index contributed by atoms with van der Waals surface area (Å²) in [5.74, 6) is 0.694. The maximum Gasteiger partial charge on any atom is 0.268 e. The summed E-state index contributed by atoms with van der Waals surface area (Å²) in [5, 5.41) is 45.9. The third-order valence-corrected chi connectivity index (χ3v) is 23.5. The van der Waals surface area contributed by atoms with Crippen LogP contribution in [0, 0.1) is 64.2 Å². The Morgan fingerprint density at radius 1 is 0.523 bits per heavy atom. The molecule has 0 saturated carbocycles. The van der Waals surface area contributed by atoms with Gasteiger partial charge in [-0.1, -0.05) is 99.0 Å². The second-order valence-corrected chi connectivity index (χ2v) is 40.7. The lowest BCUT2D eigenvalue weighted by Gasteiger charge is -2.31. The molecule has 10 aromatic rings. The average Bonchev–Trinajstić information content (AvgIpc) is 1.63. The number of benzene rings is 6. The van der Waals surface area contributed by atoms with E-state index in [1.807, 2.05) is 68.9 Å². The molecule has 0 saturated heterocycles. The van der Waals surface area contributed by atoms with Gasteiger partial charge >= 0.3 is 0 Å². The Labute approximate surface area is 516 Å². The Morgan fingerprint density at radius 3 is 1.36 bits per heavy atom. The van der Waals surface area contributed by atoms with Crippen LogP contribution in [0.5, 0.6) is 0 Å². The number of ether oxygens (including phenoxy) is 2. The largest absolute Gasteiger partial charge is 0.373 e. The number of fused-ring (bicyclic) bond motifs is 2. The highest BCUT2D eigenvalue weighted by Gasteiger charge is 2.44. The van der Waals surface area contributed by atoms with Gasteiger partial charge in [0.05, 0.1) is 66.2 Å². The van der Waals surface area contributed by atoms with Gasteiger partial charge in [-0.3, -0.25) is 0 Å². The molecule has 0 radical (unpaired) electrons. The molecule has 2 N–H and O–H groups in total. The molecule has 2 aliphatic rings. The fourth-order valence-corrected chi connectivity index (χ4v) is 16.5. The summed E-state index contributed by atoms with van der Waals surface area (Å²) in [7, 11) is -10.5. The van der Waals surface area contributed by atoms with E-state index in [2.05, 4.69) is 51.4 Å². The van der Waals surface area contributed by atoms with Crippen molar-refractivity contribution in [3.8, 4) is 12.1 Å². The molecule has 4 aromatic heterocycles. The number of rotatable bonds is 16. The molecule has 0 fully saturated rings. The standard InChI is InChI=1S/2C34H36N4O4SSi/c1-22-7-10-27(11-8-22)43(40,41)38-20-26-13-14-34(39,31-23(2)17-24(3)32(38)30(26)31)33-36-28-18-25(19-35)9-12-29(28)37(33)21-42-15-16-44(4,5)6;1-22-7-10-27(11-8-22)43(40,41)38-20-26-13-14-34(39,31-23(2)17-24(3)32(38)30(26)31)33-36-28-12-9-25(19-35)18-29(28)37(33)21-42-15-16-44(4,5)6/h2*7-14,17-18,20,39H,15-16,21H2,1-6H3. The van der Waals surface area contributed by atoms with E-state index in [9.17, 15) is 37.6 Å². The van der Waals surface area contributed by atoms with Crippen molar-refractivity contribution >= 4 is 92.2 Å². The molecule has 12 rings (SSSR count). The van der Waals surface area contributed by atoms with E-state index < -0.39 is 47.4 Å². The Hall–Kier alpha value is -8.03. The Bertz CT molecular complexity index is 4690. The van der Waals surface area contributed by atoms with Crippen LogP contribution in [-0.4, -0.2) is 83.5 Å². The lowest BCUT2D eigenvalue weighted by Crippen LogP contribution is -2.32. The van der Waals surface area contributed by atoms with Gasteiger partial charge in [0.2, 0.25) is 0 Å². The molecule has 2 aliphatic carbocycles. The van der Waals surface area contributed by atoms with E-state index in [4.69, 9.17) is 19.4 Å². The van der Waals surface area contributed by atoms with E-state index in [0.29, 0.717) is 96.6 Å². The van der Waals surface area contributed by atoms with Crippen LogP contribution < -0.4 is 0 Å². The first kappa shape index (κ1) is 61.6. The summed E-state index contributed by atoms with van der Waals surface area (Å²) in [6, 6.07) is 34.3. The number of aryl methyl sites for hydroxylation is 6. The maximum absolute atomic E-state index is 14.0. The van der Waals surface area contributed by atoms with E-state index in [0.717, 1.165) is 51.0 Å². The van der Waals surface area contributed by atoms with Gasteiger partial charge in [-0.2, -0.15) is 10.5 Å². The first-order valence-corrected chi connectivity index (χ1v) is 39.5. The molecule has 20 heteroatoms. The van der Waals surface area contributed by atoms with Crippen LogP contribution in [0.3, 0.4) is 0 Å². The summed E-state index contributed by atoms with van der Waals surface area (Å²) in [6.45, 7) is 26.7. The summed E-state index contributed by atoms with van der Waals surface area (Å²) in [4.78, 5) is 10.2. The van der Waals surface area contributed by atoms with Gasteiger partial charge in [-0.15, -0.1) is 0 Å². The monoisotopic (exact) mass is 1250 g/mol. The number of nitrogens with zero attached hydrogens (tertiary/aromatic N) is 8. The number of aromatic nitrogens is 6. The molecule has 0 spiro atoms. The van der Waals surface area contributed by atoms with Crippen molar-refractivity contribution < 1.29 is 36.5 Å². The smallest absolute Gasteiger partial charge is 0.268 e. The molecule has 452 valence electrons. The Kier molecular flexibility index (Phi) is 15.8. The van der Waals surface area contributed by atoms with Crippen LogP contribution >= 0.6 is 0 Å². The summed E-state index contributed by atoms with van der Waals surface area (Å²) in [6.07, 6.45) is 10.2. The molecule has 2 atom stereocenters. The van der Waals surface area contributed by atoms with E-state index in [-0.39, 0.29) is 23.3 Å². The van der Waals surface area contributed by atoms with Crippen molar-refractivity contribution in [1.82, 2.24) is 27.0 Å². The molecule has 16 nitrogen and oxygen atoms in total. The van der Waals surface area contributed by atoms with Gasteiger partial charge in [0, 0.05) is 74.8 Å². The predicted molar refractivity (Wildman–Crippen MR) is 352 cm³/mol. The van der Waals surface area contributed by atoms with Crippen LogP contribution in [0.2, 0.25) is 51.4 Å². The molecule has 0 amide bonds. The normalized spacial score (nSPS) is 16.6. The van der Waals surface area contributed by atoms with Crippen molar-refractivity contribution in [3.05, 3.63) is 200 Å². The van der Waals surface area contributed by atoms with E-state index in [1.165, 1.54) is 7.94 Å². The number of imidazole rings is 2. The zero-order valence-electron chi connectivity index (χ0n) is 51.7. The van der Waals surface area contributed by atoms with Crippen LogP contribution in [-0.2, 0) is 54.2 Å². The fraction of sp³-hybridized carbons (Fsp3) is 0.294. The second kappa shape index (κ2) is 22.5. The van der Waals surface area contributed by atoms with Crippen molar-refractivity contribution in [2.75, 3.05) is 13.2 Å². The minimum absolute atomic E-state index is 0.144. The van der Waals surface area contributed by atoms with Crippen molar-refractivity contribution in [2.24, 2.45) is 0 Å². The Morgan fingerprint density at radius 2 is 0.932 bits per heavy atom. The summed E-state index contributed by atoms with van der Waals surface area (Å²) >= 11 is 0. The number of nitriles is 2. The average molecular weight is 1250 g/mol. The lowest BCUT2D eigenvalue weighted by molar-refractivity contribution is 0.0688. The van der Waals surface area contributed by atoms with Crippen LogP contribution in [0.25, 0.3) is 56.0 Å². The van der Waals surface area contributed by atoms with Crippen molar-refractivity contribution in [2.45, 2.75) is 127 Å². The maximum atomic E-state index is 14.0. The second-order valence-electron chi connectivity index (χ2n) is 25.9. The highest BCUT2D eigenvalue weighted by molar-refractivity contribution is 7.90. The first-order chi connectivity index (χ1) is 41.5. The quantitative estimate of drug-likeness (QED) is 0.0681. The van der Waals surface area contributed by atoms with Crippen LogP contribution in [0.4, 0.5) is 0 Å². The third-order valence-electron chi connectivity index (χ3n) is 16.7. The first-order valence-electron chi connectivity index (χ1n) is 29.3. The number of hydrogen-bond donors (Lipinski definition) is 2. The highest BCUT2D eigenvalue weighted by atomic mass is 32.2. The van der Waals surface area contributed by atoms with Gasteiger partial charge in [-0.05, 0) is 149 Å². The van der Waals surface area contributed by atoms with Gasteiger partial charge in [-0.25, -0.2) is 34.7 Å². The third kappa shape index (κ3) is 10.9. The molecular weight excluding hydrogens is 1180 g/mol. The van der Waals surface area contributed by atoms with E-state index >= 15 is 0 Å². The van der Waals surface area contributed by atoms with Crippen LogP contribution in [0.1, 0.15) is 78.4 Å².